The van der Waals surface area contributed by atoms with E-state index in [0.717, 1.165) is 12.8 Å². The molecule has 2 atom stereocenters. The first kappa shape index (κ1) is 12.9. The van der Waals surface area contributed by atoms with Crippen LogP contribution in [-0.2, 0) is 14.6 Å². The summed E-state index contributed by atoms with van der Waals surface area (Å²) < 4.78 is 28.5. The van der Waals surface area contributed by atoms with Crippen LogP contribution in [0.25, 0.3) is 0 Å². The number of hydrogen-bond acceptors (Lipinski definition) is 4. The topological polar surface area (TPSA) is 63.6 Å². The molecular formula is C10H20O4S. The number of hydrogen-bond donors (Lipinski definition) is 1. The van der Waals surface area contributed by atoms with Gasteiger partial charge in [0.1, 0.15) is 0 Å². The summed E-state index contributed by atoms with van der Waals surface area (Å²) in [4.78, 5) is 0. The smallest absolute Gasteiger partial charge is 0.155 e. The summed E-state index contributed by atoms with van der Waals surface area (Å²) in [6, 6.07) is 0. The number of ether oxygens (including phenoxy) is 1. The molecule has 0 aromatic rings. The summed E-state index contributed by atoms with van der Waals surface area (Å²) in [5.74, 6) is 0.205. The maximum Gasteiger partial charge on any atom is 0.155 e. The SMILES string of the molecule is CC(C)OCC(O)C1CCCCS1(=O)=O. The van der Waals surface area contributed by atoms with E-state index in [1.54, 1.807) is 0 Å². The molecule has 0 radical (unpaired) electrons. The molecule has 2 unspecified atom stereocenters. The van der Waals surface area contributed by atoms with Gasteiger partial charge in [-0.3, -0.25) is 0 Å². The second-order valence-corrected chi connectivity index (χ2v) is 6.69. The number of aliphatic hydroxyl groups excluding tert-OH is 1. The fourth-order valence-corrected chi connectivity index (χ4v) is 3.80. The van der Waals surface area contributed by atoms with Crippen molar-refractivity contribution in [3.63, 3.8) is 0 Å². The fourth-order valence-electron chi connectivity index (χ4n) is 1.81. The van der Waals surface area contributed by atoms with Crippen LogP contribution < -0.4 is 0 Å². The third-order valence-corrected chi connectivity index (χ3v) is 4.99. The zero-order chi connectivity index (χ0) is 11.5. The summed E-state index contributed by atoms with van der Waals surface area (Å²) in [7, 11) is -3.10. The van der Waals surface area contributed by atoms with Crippen molar-refractivity contribution in [3.05, 3.63) is 0 Å². The molecule has 90 valence electrons. The first-order valence-electron chi connectivity index (χ1n) is 5.44. The predicted molar refractivity (Wildman–Crippen MR) is 58.5 cm³/mol. The Hall–Kier alpha value is -0.130. The lowest BCUT2D eigenvalue weighted by atomic mass is 10.1. The van der Waals surface area contributed by atoms with E-state index in [1.807, 2.05) is 13.8 Å². The normalized spacial score (nSPS) is 27.9. The molecule has 1 aliphatic heterocycles. The van der Waals surface area contributed by atoms with E-state index in [1.165, 1.54) is 0 Å². The minimum absolute atomic E-state index is 0.0194. The third kappa shape index (κ3) is 3.74. The van der Waals surface area contributed by atoms with Crippen molar-refractivity contribution in [2.75, 3.05) is 12.4 Å². The lowest BCUT2D eigenvalue weighted by Gasteiger charge is -2.26. The van der Waals surface area contributed by atoms with Gasteiger partial charge in [0, 0.05) is 0 Å². The molecule has 1 aliphatic rings. The van der Waals surface area contributed by atoms with Crippen LogP contribution in [0.2, 0.25) is 0 Å². The predicted octanol–water partition coefficient (Wildman–Crippen LogP) is 0.740. The lowest BCUT2D eigenvalue weighted by molar-refractivity contribution is 0.00289. The highest BCUT2D eigenvalue weighted by Gasteiger charge is 2.34. The van der Waals surface area contributed by atoms with Crippen molar-refractivity contribution in [1.82, 2.24) is 0 Å². The van der Waals surface area contributed by atoms with Crippen LogP contribution in [0.1, 0.15) is 33.1 Å². The summed E-state index contributed by atoms with van der Waals surface area (Å²) in [5, 5.41) is 9.13. The van der Waals surface area contributed by atoms with E-state index in [0.29, 0.717) is 6.42 Å². The van der Waals surface area contributed by atoms with Crippen LogP contribution in [-0.4, -0.2) is 43.3 Å². The van der Waals surface area contributed by atoms with Gasteiger partial charge in [0.2, 0.25) is 0 Å². The quantitative estimate of drug-likeness (QED) is 0.782. The largest absolute Gasteiger partial charge is 0.389 e. The zero-order valence-corrected chi connectivity index (χ0v) is 10.2. The number of aliphatic hydroxyl groups is 1. The number of rotatable bonds is 4. The second kappa shape index (κ2) is 5.27. The van der Waals surface area contributed by atoms with Crippen LogP contribution in [0, 0.1) is 0 Å². The molecule has 4 nitrogen and oxygen atoms in total. The Labute approximate surface area is 91.6 Å². The molecule has 0 amide bonds. The van der Waals surface area contributed by atoms with Gasteiger partial charge in [-0.15, -0.1) is 0 Å². The van der Waals surface area contributed by atoms with Gasteiger partial charge in [-0.2, -0.15) is 0 Å². The molecule has 0 aliphatic carbocycles. The average Bonchev–Trinajstić information content (AvgIpc) is 2.13. The van der Waals surface area contributed by atoms with E-state index < -0.39 is 21.2 Å². The molecule has 1 fully saturated rings. The Bertz CT molecular complexity index is 284. The highest BCUT2D eigenvalue weighted by atomic mass is 32.2. The van der Waals surface area contributed by atoms with Crippen molar-refractivity contribution in [2.24, 2.45) is 0 Å². The minimum atomic E-state index is -3.10. The molecule has 15 heavy (non-hydrogen) atoms. The molecule has 1 saturated heterocycles. The van der Waals surface area contributed by atoms with Crippen molar-refractivity contribution in [3.8, 4) is 0 Å². The molecule has 0 aromatic carbocycles. The molecule has 1 heterocycles. The average molecular weight is 236 g/mol. The van der Waals surface area contributed by atoms with Gasteiger partial charge in [-0.1, -0.05) is 6.42 Å². The van der Waals surface area contributed by atoms with Gasteiger partial charge in [0.05, 0.1) is 29.8 Å². The third-order valence-electron chi connectivity index (χ3n) is 2.66. The van der Waals surface area contributed by atoms with Gasteiger partial charge >= 0.3 is 0 Å². The van der Waals surface area contributed by atoms with Crippen LogP contribution in [0.5, 0.6) is 0 Å². The van der Waals surface area contributed by atoms with Gasteiger partial charge < -0.3 is 9.84 Å². The first-order valence-corrected chi connectivity index (χ1v) is 7.16. The van der Waals surface area contributed by atoms with Crippen molar-refractivity contribution >= 4 is 9.84 Å². The Morgan fingerprint density at radius 2 is 2.07 bits per heavy atom. The maximum absolute atomic E-state index is 11.7. The van der Waals surface area contributed by atoms with E-state index in [2.05, 4.69) is 0 Å². The Kier molecular flexibility index (Phi) is 4.55. The summed E-state index contributed by atoms with van der Waals surface area (Å²) in [5.41, 5.74) is 0. The zero-order valence-electron chi connectivity index (χ0n) is 9.35. The van der Waals surface area contributed by atoms with E-state index in [9.17, 15) is 13.5 Å². The summed E-state index contributed by atoms with van der Waals surface area (Å²) in [6.45, 7) is 3.84. The van der Waals surface area contributed by atoms with E-state index in [-0.39, 0.29) is 18.5 Å². The molecule has 0 bridgehead atoms. The molecule has 1 N–H and O–H groups in total. The van der Waals surface area contributed by atoms with Crippen molar-refractivity contribution in [1.29, 1.82) is 0 Å². The Balaban J connectivity index is 2.53. The van der Waals surface area contributed by atoms with Crippen LogP contribution >= 0.6 is 0 Å². The lowest BCUT2D eigenvalue weighted by Crippen LogP contribution is -2.41. The molecule has 0 saturated carbocycles. The highest BCUT2D eigenvalue weighted by Crippen LogP contribution is 2.22. The highest BCUT2D eigenvalue weighted by molar-refractivity contribution is 7.92. The van der Waals surface area contributed by atoms with Gasteiger partial charge in [-0.05, 0) is 26.7 Å². The fraction of sp³-hybridized carbons (Fsp3) is 1.00. The number of sulfone groups is 1. The maximum atomic E-state index is 11.7. The first-order chi connectivity index (χ1) is 6.93. The van der Waals surface area contributed by atoms with Crippen molar-refractivity contribution in [2.45, 2.75) is 50.6 Å². The molecule has 0 aromatic heterocycles. The monoisotopic (exact) mass is 236 g/mol. The molecular weight excluding hydrogens is 216 g/mol. The van der Waals surface area contributed by atoms with Gasteiger partial charge in [0.25, 0.3) is 0 Å². The van der Waals surface area contributed by atoms with Crippen molar-refractivity contribution < 1.29 is 18.3 Å². The minimum Gasteiger partial charge on any atom is -0.389 e. The van der Waals surface area contributed by atoms with Gasteiger partial charge in [0.15, 0.2) is 9.84 Å². The summed E-state index contributed by atoms with van der Waals surface area (Å²) in [6.07, 6.45) is 1.30. The van der Waals surface area contributed by atoms with Crippen LogP contribution in [0.15, 0.2) is 0 Å². The molecule has 1 rings (SSSR count). The summed E-state index contributed by atoms with van der Waals surface area (Å²) >= 11 is 0. The molecule has 0 spiro atoms. The standard InChI is InChI=1S/C10H20O4S/c1-8(2)14-7-9(11)10-5-3-4-6-15(10,12)13/h8-11H,3-7H2,1-2H3. The van der Waals surface area contributed by atoms with Crippen LogP contribution in [0.3, 0.4) is 0 Å². The van der Waals surface area contributed by atoms with Gasteiger partial charge in [-0.25, -0.2) is 8.42 Å². The van der Waals surface area contributed by atoms with E-state index >= 15 is 0 Å². The molecule has 5 heteroatoms. The second-order valence-electron chi connectivity index (χ2n) is 4.35. The Morgan fingerprint density at radius 1 is 1.40 bits per heavy atom. The Morgan fingerprint density at radius 3 is 2.60 bits per heavy atom. The van der Waals surface area contributed by atoms with Crippen LogP contribution in [0.4, 0.5) is 0 Å². The van der Waals surface area contributed by atoms with E-state index in [4.69, 9.17) is 4.74 Å².